The molecule has 3 radical (unpaired) electrons. The molecule has 0 unspecified atom stereocenters. The molecule has 0 aliphatic heterocycles. The van der Waals surface area contributed by atoms with Crippen LogP contribution in [0.2, 0.25) is 0 Å². The monoisotopic (exact) mass is 174 g/mol. The van der Waals surface area contributed by atoms with Crippen LogP contribution in [-0.2, 0) is 6.18 Å². The van der Waals surface area contributed by atoms with Crippen molar-refractivity contribution in [3.8, 4) is 0 Å². The molecule has 0 fully saturated rings. The summed E-state index contributed by atoms with van der Waals surface area (Å²) in [5, 5.41) is 0.387. The van der Waals surface area contributed by atoms with Crippen molar-refractivity contribution >= 4 is 15.6 Å². The van der Waals surface area contributed by atoms with Crippen LogP contribution in [0.4, 0.5) is 13.2 Å². The Morgan fingerprint density at radius 1 is 1.27 bits per heavy atom. The minimum absolute atomic E-state index is 0.387. The van der Waals surface area contributed by atoms with Gasteiger partial charge in [-0.05, 0) is 12.1 Å². The third-order valence-corrected chi connectivity index (χ3v) is 1.39. The standard InChI is InChI=1S/C6H3F3NSi/c7-6(8,9)4-1-2-5(11)10-3-4/h1-3H. The number of hydrogen-bond acceptors (Lipinski definition) is 1. The molecule has 0 N–H and O–H groups in total. The lowest BCUT2D eigenvalue weighted by molar-refractivity contribution is -0.137. The molecule has 1 heterocycles. The minimum Gasteiger partial charge on any atom is -0.266 e. The molecule has 0 aliphatic rings. The van der Waals surface area contributed by atoms with Crippen molar-refractivity contribution in [1.82, 2.24) is 4.98 Å². The highest BCUT2D eigenvalue weighted by Gasteiger charge is 2.30. The van der Waals surface area contributed by atoms with Crippen molar-refractivity contribution in [2.45, 2.75) is 6.18 Å². The van der Waals surface area contributed by atoms with Crippen LogP contribution >= 0.6 is 0 Å². The maximum Gasteiger partial charge on any atom is 0.417 e. The molecule has 0 aliphatic carbocycles. The van der Waals surface area contributed by atoms with Crippen LogP contribution in [0.5, 0.6) is 0 Å². The Hall–Kier alpha value is -0.843. The van der Waals surface area contributed by atoms with Gasteiger partial charge in [0.15, 0.2) is 0 Å². The van der Waals surface area contributed by atoms with Gasteiger partial charge in [-0.15, -0.1) is 0 Å². The van der Waals surface area contributed by atoms with Gasteiger partial charge in [0.2, 0.25) is 0 Å². The second-order valence-electron chi connectivity index (χ2n) is 1.93. The summed E-state index contributed by atoms with van der Waals surface area (Å²) in [5.74, 6) is 0. The summed E-state index contributed by atoms with van der Waals surface area (Å²) < 4.78 is 35.6. The van der Waals surface area contributed by atoms with Gasteiger partial charge >= 0.3 is 6.18 Å². The lowest BCUT2D eigenvalue weighted by atomic mass is 10.3. The van der Waals surface area contributed by atoms with E-state index < -0.39 is 11.7 Å². The molecule has 0 spiro atoms. The van der Waals surface area contributed by atoms with E-state index in [0.29, 0.717) is 5.32 Å². The van der Waals surface area contributed by atoms with Crippen molar-refractivity contribution in [2.24, 2.45) is 0 Å². The number of rotatable bonds is 0. The normalized spacial score (nSPS) is 11.6. The number of pyridine rings is 1. The molecule has 0 saturated heterocycles. The Morgan fingerprint density at radius 3 is 2.27 bits per heavy atom. The van der Waals surface area contributed by atoms with Gasteiger partial charge in [0.05, 0.1) is 15.8 Å². The minimum atomic E-state index is -4.30. The van der Waals surface area contributed by atoms with Gasteiger partial charge < -0.3 is 0 Å². The predicted octanol–water partition coefficient (Wildman–Crippen LogP) is 0.894. The van der Waals surface area contributed by atoms with Crippen molar-refractivity contribution in [3.63, 3.8) is 0 Å². The molecule has 0 saturated carbocycles. The Bertz CT molecular complexity index is 241. The van der Waals surface area contributed by atoms with E-state index >= 15 is 0 Å². The molecule has 1 aromatic heterocycles. The van der Waals surface area contributed by atoms with E-state index in [9.17, 15) is 13.2 Å². The van der Waals surface area contributed by atoms with Crippen molar-refractivity contribution < 1.29 is 13.2 Å². The molecule has 0 bridgehead atoms. The third kappa shape index (κ3) is 2.04. The highest BCUT2D eigenvalue weighted by atomic mass is 28.1. The number of alkyl halides is 3. The first-order valence-corrected chi connectivity index (χ1v) is 3.25. The fraction of sp³-hybridized carbons (Fsp3) is 0.167. The van der Waals surface area contributed by atoms with E-state index in [1.807, 2.05) is 0 Å². The van der Waals surface area contributed by atoms with E-state index in [1.54, 1.807) is 0 Å². The maximum absolute atomic E-state index is 11.9. The Kier molecular flexibility index (Phi) is 1.99. The smallest absolute Gasteiger partial charge is 0.266 e. The highest BCUT2D eigenvalue weighted by molar-refractivity contribution is 6.30. The summed E-state index contributed by atoms with van der Waals surface area (Å²) in [6, 6.07) is 2.22. The SMILES string of the molecule is FC(F)(F)c1ccc([Si])nc1. The fourth-order valence-electron chi connectivity index (χ4n) is 0.562. The Labute approximate surface area is 64.7 Å². The number of nitrogens with zero attached hydrogens (tertiary/aromatic N) is 1. The average molecular weight is 174 g/mol. The first kappa shape index (κ1) is 8.26. The summed E-state index contributed by atoms with van der Waals surface area (Å²) in [4.78, 5) is 3.44. The summed E-state index contributed by atoms with van der Waals surface area (Å²) >= 11 is 0. The molecular weight excluding hydrogens is 171 g/mol. The zero-order chi connectivity index (χ0) is 8.48. The molecule has 0 atom stereocenters. The third-order valence-electron chi connectivity index (χ3n) is 1.09. The zero-order valence-electron chi connectivity index (χ0n) is 5.31. The lowest BCUT2D eigenvalue weighted by Crippen LogP contribution is -2.11. The van der Waals surface area contributed by atoms with E-state index in [0.717, 1.165) is 12.3 Å². The number of halogens is 3. The van der Waals surface area contributed by atoms with Crippen molar-refractivity contribution in [2.75, 3.05) is 0 Å². The quantitative estimate of drug-likeness (QED) is 0.532. The highest BCUT2D eigenvalue weighted by Crippen LogP contribution is 2.27. The van der Waals surface area contributed by atoms with Crippen LogP contribution in [0.15, 0.2) is 18.3 Å². The van der Waals surface area contributed by atoms with Gasteiger partial charge in [-0.3, -0.25) is 4.98 Å². The number of hydrogen-bond donors (Lipinski definition) is 0. The van der Waals surface area contributed by atoms with Gasteiger partial charge in [0.25, 0.3) is 0 Å². The lowest BCUT2D eigenvalue weighted by Gasteiger charge is -2.04. The molecule has 1 aromatic rings. The first-order chi connectivity index (χ1) is 5.00. The first-order valence-electron chi connectivity index (χ1n) is 2.75. The van der Waals surface area contributed by atoms with E-state index in [1.165, 1.54) is 6.07 Å². The summed E-state index contributed by atoms with van der Waals surface area (Å²) in [6.07, 6.45) is -3.52. The predicted molar refractivity (Wildman–Crippen MR) is 34.6 cm³/mol. The molecule has 57 valence electrons. The van der Waals surface area contributed by atoms with Gasteiger partial charge in [0.1, 0.15) is 0 Å². The van der Waals surface area contributed by atoms with Crippen molar-refractivity contribution in [1.29, 1.82) is 0 Å². The van der Waals surface area contributed by atoms with Crippen LogP contribution in [0.3, 0.4) is 0 Å². The molecule has 1 rings (SSSR count). The van der Waals surface area contributed by atoms with Crippen LogP contribution in [0.25, 0.3) is 0 Å². The fourth-order valence-corrected chi connectivity index (χ4v) is 0.709. The number of aromatic nitrogens is 1. The molecular formula is C6H3F3NSi. The largest absolute Gasteiger partial charge is 0.417 e. The summed E-state index contributed by atoms with van der Waals surface area (Å²) in [7, 11) is 2.98. The molecule has 1 nitrogen and oxygen atoms in total. The van der Waals surface area contributed by atoms with E-state index in [2.05, 4.69) is 15.2 Å². The van der Waals surface area contributed by atoms with Gasteiger partial charge in [0, 0.05) is 11.5 Å². The molecule has 0 aromatic carbocycles. The van der Waals surface area contributed by atoms with E-state index in [-0.39, 0.29) is 0 Å². The van der Waals surface area contributed by atoms with Crippen LogP contribution in [0.1, 0.15) is 5.56 Å². The van der Waals surface area contributed by atoms with Crippen molar-refractivity contribution in [3.05, 3.63) is 23.9 Å². The van der Waals surface area contributed by atoms with E-state index in [4.69, 9.17) is 0 Å². The van der Waals surface area contributed by atoms with Crippen LogP contribution in [0, 0.1) is 0 Å². The van der Waals surface area contributed by atoms with Gasteiger partial charge in [-0.2, -0.15) is 13.2 Å². The second kappa shape index (κ2) is 2.65. The zero-order valence-corrected chi connectivity index (χ0v) is 6.31. The average Bonchev–Trinajstić information content (AvgIpc) is 1.86. The Morgan fingerprint density at radius 2 is 1.91 bits per heavy atom. The van der Waals surface area contributed by atoms with Gasteiger partial charge in [-0.1, -0.05) is 0 Å². The molecule has 5 heteroatoms. The molecule has 0 amide bonds. The molecule has 11 heavy (non-hydrogen) atoms. The second-order valence-corrected chi connectivity index (χ2v) is 2.44. The topological polar surface area (TPSA) is 12.9 Å². The van der Waals surface area contributed by atoms with Crippen LogP contribution < -0.4 is 5.32 Å². The summed E-state index contributed by atoms with van der Waals surface area (Å²) in [6.45, 7) is 0. The Balaban J connectivity index is 2.99. The van der Waals surface area contributed by atoms with Gasteiger partial charge in [-0.25, -0.2) is 0 Å². The summed E-state index contributed by atoms with van der Waals surface area (Å²) in [5.41, 5.74) is -0.737. The maximum atomic E-state index is 11.9. The van der Waals surface area contributed by atoms with Crippen LogP contribution in [-0.4, -0.2) is 15.2 Å².